The first-order valence-corrected chi connectivity index (χ1v) is 6.43. The minimum absolute atomic E-state index is 0.0909. The van der Waals surface area contributed by atoms with E-state index in [0.717, 1.165) is 0 Å². The molecule has 0 fully saturated rings. The van der Waals surface area contributed by atoms with Crippen LogP contribution < -0.4 is 0 Å². The molecule has 1 aromatic carbocycles. The Bertz CT molecular complexity index is 520. The molecule has 0 spiro atoms. The van der Waals surface area contributed by atoms with E-state index in [1.165, 1.54) is 17.0 Å². The number of nitrogens with zero attached hydrogens (tertiary/aromatic N) is 1. The van der Waals surface area contributed by atoms with Crippen LogP contribution in [0.15, 0.2) is 18.2 Å². The van der Waals surface area contributed by atoms with Crippen molar-refractivity contribution in [3.63, 3.8) is 0 Å². The predicted molar refractivity (Wildman–Crippen MR) is 74.2 cm³/mol. The van der Waals surface area contributed by atoms with Crippen molar-refractivity contribution in [3.05, 3.63) is 35.1 Å². The van der Waals surface area contributed by atoms with E-state index in [1.54, 1.807) is 13.0 Å². The van der Waals surface area contributed by atoms with Gasteiger partial charge in [-0.3, -0.25) is 9.59 Å². The maximum absolute atomic E-state index is 13.3. The maximum Gasteiger partial charge on any atom is 0.305 e. The second-order valence-corrected chi connectivity index (χ2v) is 5.73. The van der Waals surface area contributed by atoms with Gasteiger partial charge in [-0.15, -0.1) is 0 Å². The van der Waals surface area contributed by atoms with Gasteiger partial charge in [0.1, 0.15) is 5.82 Å². The highest BCUT2D eigenvalue weighted by Gasteiger charge is 2.28. The minimum atomic E-state index is -0.969. The van der Waals surface area contributed by atoms with Gasteiger partial charge in [-0.1, -0.05) is 6.07 Å². The van der Waals surface area contributed by atoms with E-state index in [9.17, 15) is 14.0 Å². The molecule has 1 rings (SSSR count). The highest BCUT2D eigenvalue weighted by atomic mass is 19.1. The molecule has 5 heteroatoms. The Morgan fingerprint density at radius 3 is 2.40 bits per heavy atom. The number of carbonyl (C=O) groups is 2. The van der Waals surface area contributed by atoms with Crippen molar-refractivity contribution in [3.8, 4) is 0 Å². The van der Waals surface area contributed by atoms with Gasteiger partial charge in [0.15, 0.2) is 0 Å². The molecule has 0 unspecified atom stereocenters. The van der Waals surface area contributed by atoms with Crippen LogP contribution in [0.2, 0.25) is 0 Å². The van der Waals surface area contributed by atoms with Crippen molar-refractivity contribution in [1.29, 1.82) is 0 Å². The van der Waals surface area contributed by atoms with Gasteiger partial charge < -0.3 is 10.0 Å². The number of hydrogen-bond acceptors (Lipinski definition) is 2. The Hall–Kier alpha value is -1.91. The summed E-state index contributed by atoms with van der Waals surface area (Å²) in [5.41, 5.74) is 0.400. The molecule has 0 aromatic heterocycles. The van der Waals surface area contributed by atoms with Gasteiger partial charge in [-0.2, -0.15) is 0 Å². The first-order chi connectivity index (χ1) is 9.12. The van der Waals surface area contributed by atoms with E-state index in [0.29, 0.717) is 5.56 Å². The van der Waals surface area contributed by atoms with Crippen molar-refractivity contribution >= 4 is 11.9 Å². The molecule has 1 aromatic rings. The van der Waals surface area contributed by atoms with E-state index in [2.05, 4.69) is 0 Å². The zero-order valence-electron chi connectivity index (χ0n) is 12.2. The summed E-state index contributed by atoms with van der Waals surface area (Å²) in [6, 6.07) is 4.03. The van der Waals surface area contributed by atoms with E-state index in [-0.39, 0.29) is 24.4 Å². The second-order valence-electron chi connectivity index (χ2n) is 5.73. The third kappa shape index (κ3) is 4.05. The fourth-order valence-corrected chi connectivity index (χ4v) is 1.92. The van der Waals surface area contributed by atoms with Crippen LogP contribution in [0, 0.1) is 12.7 Å². The van der Waals surface area contributed by atoms with Gasteiger partial charge >= 0.3 is 5.97 Å². The zero-order valence-corrected chi connectivity index (χ0v) is 12.2. The number of aliphatic carboxylic acids is 1. The highest BCUT2D eigenvalue weighted by molar-refractivity contribution is 5.96. The van der Waals surface area contributed by atoms with Crippen molar-refractivity contribution in [2.24, 2.45) is 0 Å². The first-order valence-electron chi connectivity index (χ1n) is 6.43. The second kappa shape index (κ2) is 6.03. The largest absolute Gasteiger partial charge is 0.481 e. The predicted octanol–water partition coefficient (Wildman–Crippen LogP) is 2.85. The number of aryl methyl sites for hydroxylation is 1. The molecule has 4 nitrogen and oxygen atoms in total. The smallest absolute Gasteiger partial charge is 0.305 e. The lowest BCUT2D eigenvalue weighted by Gasteiger charge is -2.35. The van der Waals surface area contributed by atoms with Gasteiger partial charge in [0, 0.05) is 17.6 Å². The molecule has 0 atom stereocenters. The molecule has 110 valence electrons. The van der Waals surface area contributed by atoms with Crippen LogP contribution in [0.3, 0.4) is 0 Å². The first kappa shape index (κ1) is 16.1. The number of halogens is 1. The number of benzene rings is 1. The van der Waals surface area contributed by atoms with Crippen molar-refractivity contribution in [2.75, 3.05) is 6.54 Å². The van der Waals surface area contributed by atoms with Gasteiger partial charge in [0.25, 0.3) is 5.91 Å². The normalized spacial score (nSPS) is 11.2. The lowest BCUT2D eigenvalue weighted by atomic mass is 10.0. The average Bonchev–Trinajstić information content (AvgIpc) is 2.30. The standard InChI is InChI=1S/C15H20FNO3/c1-10-5-6-11(16)9-12(10)14(20)17(15(2,3)4)8-7-13(18)19/h5-6,9H,7-8H2,1-4H3,(H,18,19). The molecular formula is C15H20FNO3. The topological polar surface area (TPSA) is 57.6 Å². The molecule has 1 N–H and O–H groups in total. The van der Waals surface area contributed by atoms with Crippen LogP contribution in [0.5, 0.6) is 0 Å². The third-order valence-electron chi connectivity index (χ3n) is 3.03. The minimum Gasteiger partial charge on any atom is -0.481 e. The molecule has 0 aliphatic carbocycles. The molecule has 0 aliphatic rings. The monoisotopic (exact) mass is 281 g/mol. The lowest BCUT2D eigenvalue weighted by Crippen LogP contribution is -2.46. The summed E-state index contributed by atoms with van der Waals surface area (Å²) in [4.78, 5) is 24.7. The van der Waals surface area contributed by atoms with Gasteiger partial charge in [-0.05, 0) is 45.4 Å². The number of carbonyl (C=O) groups excluding carboxylic acids is 1. The average molecular weight is 281 g/mol. The quantitative estimate of drug-likeness (QED) is 0.923. The molecule has 0 heterocycles. The fraction of sp³-hybridized carbons (Fsp3) is 0.467. The Labute approximate surface area is 118 Å². The molecule has 0 aliphatic heterocycles. The van der Waals surface area contributed by atoms with Crippen LogP contribution in [0.25, 0.3) is 0 Å². The van der Waals surface area contributed by atoms with E-state index < -0.39 is 17.3 Å². The van der Waals surface area contributed by atoms with Crippen molar-refractivity contribution in [1.82, 2.24) is 4.90 Å². The number of amides is 1. The number of rotatable bonds is 4. The van der Waals surface area contributed by atoms with Crippen LogP contribution in [-0.2, 0) is 4.79 Å². The number of carboxylic acid groups (broad SMARTS) is 1. The lowest BCUT2D eigenvalue weighted by molar-refractivity contribution is -0.137. The summed E-state index contributed by atoms with van der Waals surface area (Å²) >= 11 is 0. The summed E-state index contributed by atoms with van der Waals surface area (Å²) in [5, 5.41) is 8.78. The van der Waals surface area contributed by atoms with Crippen LogP contribution in [0.1, 0.15) is 43.1 Å². The Balaban J connectivity index is 3.10. The molecule has 0 bridgehead atoms. The van der Waals surface area contributed by atoms with E-state index in [1.807, 2.05) is 20.8 Å². The molecule has 1 amide bonds. The summed E-state index contributed by atoms with van der Waals surface area (Å²) in [7, 11) is 0. The Kier molecular flexibility index (Phi) is 4.87. The highest BCUT2D eigenvalue weighted by Crippen LogP contribution is 2.20. The van der Waals surface area contributed by atoms with Crippen LogP contribution >= 0.6 is 0 Å². The molecule has 0 saturated heterocycles. The van der Waals surface area contributed by atoms with E-state index in [4.69, 9.17) is 5.11 Å². The van der Waals surface area contributed by atoms with Gasteiger partial charge in [0.05, 0.1) is 6.42 Å². The summed E-state index contributed by atoms with van der Waals surface area (Å²) in [5.74, 6) is -1.80. The van der Waals surface area contributed by atoms with E-state index >= 15 is 0 Å². The molecule has 20 heavy (non-hydrogen) atoms. The molecule has 0 saturated carbocycles. The van der Waals surface area contributed by atoms with Crippen LogP contribution in [0.4, 0.5) is 4.39 Å². The summed E-state index contributed by atoms with van der Waals surface area (Å²) in [6.07, 6.45) is -0.141. The van der Waals surface area contributed by atoms with Crippen molar-refractivity contribution < 1.29 is 19.1 Å². The SMILES string of the molecule is Cc1ccc(F)cc1C(=O)N(CCC(=O)O)C(C)(C)C. The Morgan fingerprint density at radius 1 is 1.30 bits per heavy atom. The molecule has 0 radical (unpaired) electrons. The van der Waals surface area contributed by atoms with Crippen LogP contribution in [-0.4, -0.2) is 34.0 Å². The number of carboxylic acids is 1. The fourth-order valence-electron chi connectivity index (χ4n) is 1.92. The summed E-state index contributed by atoms with van der Waals surface area (Å²) in [6.45, 7) is 7.28. The van der Waals surface area contributed by atoms with Crippen molar-refractivity contribution in [2.45, 2.75) is 39.7 Å². The molecular weight excluding hydrogens is 261 g/mol. The zero-order chi connectivity index (χ0) is 15.5. The van der Waals surface area contributed by atoms with Gasteiger partial charge in [0.2, 0.25) is 0 Å². The van der Waals surface area contributed by atoms with Gasteiger partial charge in [-0.25, -0.2) is 4.39 Å². The summed E-state index contributed by atoms with van der Waals surface area (Å²) < 4.78 is 13.3. The Morgan fingerprint density at radius 2 is 1.90 bits per heavy atom. The number of hydrogen-bond donors (Lipinski definition) is 1. The third-order valence-corrected chi connectivity index (χ3v) is 3.03. The maximum atomic E-state index is 13.3.